The zero-order valence-corrected chi connectivity index (χ0v) is 14.0. The van der Waals surface area contributed by atoms with Crippen LogP contribution in [-0.2, 0) is 4.79 Å². The fourth-order valence-electron chi connectivity index (χ4n) is 2.19. The van der Waals surface area contributed by atoms with Crippen molar-refractivity contribution in [2.75, 3.05) is 4.90 Å². The number of carboxylic acids is 1. The zero-order valence-electron chi connectivity index (χ0n) is 12.4. The first kappa shape index (κ1) is 17.2. The number of hydrogen-bond donors (Lipinski definition) is 1. The van der Waals surface area contributed by atoms with Gasteiger partial charge in [-0.25, -0.2) is 14.1 Å². The van der Waals surface area contributed by atoms with Crippen LogP contribution >= 0.6 is 23.4 Å². The van der Waals surface area contributed by atoms with Crippen LogP contribution in [0.25, 0.3) is 6.08 Å². The van der Waals surface area contributed by atoms with E-state index in [1.165, 1.54) is 42.5 Å². The molecule has 0 aliphatic carbocycles. The second-order valence-electron chi connectivity index (χ2n) is 5.04. The average molecular weight is 378 g/mol. The van der Waals surface area contributed by atoms with Gasteiger partial charge in [-0.1, -0.05) is 23.7 Å². The highest BCUT2D eigenvalue weighted by Crippen LogP contribution is 2.36. The molecule has 1 saturated heterocycles. The molecule has 2 aromatic rings. The standard InChI is InChI=1S/C17H9ClFNO4S/c18-12-8-11(5-6-13(12)19)20-15(21)14(25-17(20)24)7-9-1-3-10(4-2-9)16(22)23/h1-8H,(H,22,23)/b14-7-. The lowest BCUT2D eigenvalue weighted by atomic mass is 10.1. The molecular weight excluding hydrogens is 369 g/mol. The van der Waals surface area contributed by atoms with Crippen LogP contribution in [0.15, 0.2) is 47.4 Å². The molecule has 8 heteroatoms. The molecule has 0 unspecified atom stereocenters. The van der Waals surface area contributed by atoms with Gasteiger partial charge in [-0.3, -0.25) is 9.59 Å². The van der Waals surface area contributed by atoms with E-state index in [-0.39, 0.29) is 21.2 Å². The number of rotatable bonds is 3. The Labute approximate surface area is 150 Å². The summed E-state index contributed by atoms with van der Waals surface area (Å²) < 4.78 is 13.3. The van der Waals surface area contributed by atoms with Crippen molar-refractivity contribution in [3.05, 3.63) is 69.3 Å². The van der Waals surface area contributed by atoms with E-state index in [1.54, 1.807) is 0 Å². The van der Waals surface area contributed by atoms with Crippen molar-refractivity contribution < 1.29 is 23.9 Å². The maximum Gasteiger partial charge on any atom is 0.335 e. The highest BCUT2D eigenvalue weighted by Gasteiger charge is 2.36. The highest BCUT2D eigenvalue weighted by atomic mass is 35.5. The zero-order chi connectivity index (χ0) is 18.1. The first-order chi connectivity index (χ1) is 11.9. The van der Waals surface area contributed by atoms with Gasteiger partial charge in [0.1, 0.15) is 5.82 Å². The minimum absolute atomic E-state index is 0.117. The number of hydrogen-bond acceptors (Lipinski definition) is 4. The Kier molecular flexibility index (Phi) is 4.61. The number of carbonyl (C=O) groups excluding carboxylic acids is 2. The maximum absolute atomic E-state index is 13.3. The van der Waals surface area contributed by atoms with Crippen LogP contribution in [0.5, 0.6) is 0 Å². The third-order valence-electron chi connectivity index (χ3n) is 3.41. The number of halogens is 2. The third-order valence-corrected chi connectivity index (χ3v) is 4.57. The van der Waals surface area contributed by atoms with Crippen LogP contribution in [-0.4, -0.2) is 22.2 Å². The van der Waals surface area contributed by atoms with Crippen LogP contribution in [0, 0.1) is 5.82 Å². The van der Waals surface area contributed by atoms with Crippen molar-refractivity contribution in [2.45, 2.75) is 0 Å². The smallest absolute Gasteiger partial charge is 0.335 e. The first-order valence-corrected chi connectivity index (χ1v) is 8.12. The molecule has 0 spiro atoms. The number of imide groups is 1. The minimum atomic E-state index is -1.06. The van der Waals surface area contributed by atoms with Gasteiger partial charge in [0, 0.05) is 0 Å². The maximum atomic E-state index is 13.3. The van der Waals surface area contributed by atoms with Crippen LogP contribution in [0.3, 0.4) is 0 Å². The van der Waals surface area contributed by atoms with Gasteiger partial charge in [-0.05, 0) is 53.7 Å². The van der Waals surface area contributed by atoms with Crippen molar-refractivity contribution in [3.8, 4) is 0 Å². The molecule has 126 valence electrons. The number of nitrogens with zero attached hydrogens (tertiary/aromatic N) is 1. The van der Waals surface area contributed by atoms with E-state index >= 15 is 0 Å². The Balaban J connectivity index is 1.90. The number of benzene rings is 2. The fourth-order valence-corrected chi connectivity index (χ4v) is 3.20. The Morgan fingerprint density at radius 3 is 2.44 bits per heavy atom. The van der Waals surface area contributed by atoms with Crippen molar-refractivity contribution in [3.63, 3.8) is 0 Å². The average Bonchev–Trinajstić information content (AvgIpc) is 2.85. The van der Waals surface area contributed by atoms with Crippen LogP contribution in [0.4, 0.5) is 14.9 Å². The lowest BCUT2D eigenvalue weighted by Crippen LogP contribution is -2.27. The summed E-state index contributed by atoms with van der Waals surface area (Å²) in [6.07, 6.45) is 1.49. The van der Waals surface area contributed by atoms with E-state index in [2.05, 4.69) is 0 Å². The predicted molar refractivity (Wildman–Crippen MR) is 93.3 cm³/mol. The summed E-state index contributed by atoms with van der Waals surface area (Å²) in [6, 6.07) is 9.45. The van der Waals surface area contributed by atoms with Crippen molar-refractivity contribution in [2.24, 2.45) is 0 Å². The van der Waals surface area contributed by atoms with Crippen molar-refractivity contribution in [1.82, 2.24) is 0 Å². The van der Waals surface area contributed by atoms with Crippen molar-refractivity contribution >= 4 is 52.2 Å². The summed E-state index contributed by atoms with van der Waals surface area (Å²) in [6.45, 7) is 0. The van der Waals surface area contributed by atoms with Gasteiger partial charge in [0.25, 0.3) is 11.1 Å². The fraction of sp³-hybridized carbons (Fsp3) is 0. The number of amides is 2. The molecule has 3 rings (SSSR count). The summed E-state index contributed by atoms with van der Waals surface area (Å²) in [5.74, 6) is -2.26. The summed E-state index contributed by atoms with van der Waals surface area (Å²) in [4.78, 5) is 36.5. The van der Waals surface area contributed by atoms with Crippen LogP contribution in [0.1, 0.15) is 15.9 Å². The topological polar surface area (TPSA) is 74.7 Å². The monoisotopic (exact) mass is 377 g/mol. The normalized spacial score (nSPS) is 15.9. The third kappa shape index (κ3) is 3.42. The molecule has 0 bridgehead atoms. The van der Waals surface area contributed by atoms with Gasteiger partial charge in [-0.15, -0.1) is 0 Å². The largest absolute Gasteiger partial charge is 0.478 e. The number of thioether (sulfide) groups is 1. The molecule has 5 nitrogen and oxygen atoms in total. The molecule has 0 aromatic heterocycles. The molecule has 0 saturated carbocycles. The summed E-state index contributed by atoms with van der Waals surface area (Å²) in [5.41, 5.74) is 0.873. The number of anilines is 1. The molecule has 1 fully saturated rings. The second-order valence-corrected chi connectivity index (χ2v) is 6.44. The predicted octanol–water partition coefficient (Wildman–Crippen LogP) is 4.42. The molecule has 25 heavy (non-hydrogen) atoms. The van der Waals surface area contributed by atoms with Crippen LogP contribution < -0.4 is 4.90 Å². The molecule has 0 atom stereocenters. The lowest BCUT2D eigenvalue weighted by molar-refractivity contribution is -0.113. The van der Waals surface area contributed by atoms with Gasteiger partial charge in [-0.2, -0.15) is 0 Å². The Morgan fingerprint density at radius 1 is 1.16 bits per heavy atom. The highest BCUT2D eigenvalue weighted by molar-refractivity contribution is 8.19. The van der Waals surface area contributed by atoms with E-state index < -0.39 is 22.9 Å². The van der Waals surface area contributed by atoms with Gasteiger partial charge >= 0.3 is 5.97 Å². The van der Waals surface area contributed by atoms with E-state index in [4.69, 9.17) is 16.7 Å². The molecule has 1 N–H and O–H groups in total. The SMILES string of the molecule is O=C(O)c1ccc(/C=C2\SC(=O)N(c3ccc(F)c(Cl)c3)C2=O)cc1. The molecule has 0 radical (unpaired) electrons. The molecule has 2 aromatic carbocycles. The summed E-state index contributed by atoms with van der Waals surface area (Å²) >= 11 is 6.44. The van der Waals surface area contributed by atoms with Crippen LogP contribution in [0.2, 0.25) is 5.02 Å². The van der Waals surface area contributed by atoms with E-state index in [0.717, 1.165) is 22.7 Å². The summed E-state index contributed by atoms with van der Waals surface area (Å²) in [5, 5.41) is 8.16. The van der Waals surface area contributed by atoms with E-state index in [1.807, 2.05) is 0 Å². The van der Waals surface area contributed by atoms with Gasteiger partial charge in [0.2, 0.25) is 0 Å². The summed E-state index contributed by atoms with van der Waals surface area (Å²) in [7, 11) is 0. The molecule has 1 aliphatic rings. The first-order valence-electron chi connectivity index (χ1n) is 6.93. The number of carboxylic acid groups (broad SMARTS) is 1. The van der Waals surface area contributed by atoms with E-state index in [9.17, 15) is 18.8 Å². The molecule has 1 aliphatic heterocycles. The van der Waals surface area contributed by atoms with Crippen molar-refractivity contribution in [1.29, 1.82) is 0 Å². The van der Waals surface area contributed by atoms with Gasteiger partial charge in [0.15, 0.2) is 0 Å². The van der Waals surface area contributed by atoms with Gasteiger partial charge in [0.05, 0.1) is 21.2 Å². The molecule has 2 amide bonds. The molecule has 1 heterocycles. The Morgan fingerprint density at radius 2 is 1.84 bits per heavy atom. The Hall–Kier alpha value is -2.64. The number of carbonyl (C=O) groups is 3. The minimum Gasteiger partial charge on any atom is -0.478 e. The van der Waals surface area contributed by atoms with E-state index in [0.29, 0.717) is 5.56 Å². The number of aromatic carboxylic acids is 1. The lowest BCUT2D eigenvalue weighted by Gasteiger charge is -2.12. The van der Waals surface area contributed by atoms with Gasteiger partial charge < -0.3 is 5.11 Å². The second kappa shape index (κ2) is 6.70. The molecular formula is C17H9ClFNO4S. The quantitative estimate of drug-likeness (QED) is 0.801. The Bertz CT molecular complexity index is 927.